The first-order valence-corrected chi connectivity index (χ1v) is 8.58. The second kappa shape index (κ2) is 9.17. The van der Waals surface area contributed by atoms with Gasteiger partial charge in [-0.15, -0.1) is 0 Å². The molecule has 0 unspecified atom stereocenters. The lowest BCUT2D eigenvalue weighted by atomic mass is 10.1. The molecule has 0 saturated carbocycles. The first-order valence-electron chi connectivity index (χ1n) is 8.21. The Morgan fingerprint density at radius 1 is 1.12 bits per heavy atom. The van der Waals surface area contributed by atoms with Gasteiger partial charge in [0.1, 0.15) is 12.0 Å². The summed E-state index contributed by atoms with van der Waals surface area (Å²) in [5.74, 6) is -0.137. The van der Waals surface area contributed by atoms with E-state index in [-0.39, 0.29) is 5.91 Å². The minimum atomic E-state index is -0.137. The smallest absolute Gasteiger partial charge is 0.268 e. The number of halogens is 1. The molecular weight excluding hydrogens is 350 g/mol. The molecule has 0 radical (unpaired) electrons. The van der Waals surface area contributed by atoms with Gasteiger partial charge in [-0.05, 0) is 36.4 Å². The lowest BCUT2D eigenvalue weighted by Gasteiger charge is -2.07. The van der Waals surface area contributed by atoms with Crippen LogP contribution in [-0.2, 0) is 24.8 Å². The van der Waals surface area contributed by atoms with Crippen LogP contribution in [0.4, 0.5) is 0 Å². The van der Waals surface area contributed by atoms with Crippen LogP contribution in [0.3, 0.4) is 0 Å². The first-order chi connectivity index (χ1) is 12.6. The zero-order valence-corrected chi connectivity index (χ0v) is 15.6. The number of hydrogen-bond donors (Lipinski definition) is 2. The van der Waals surface area contributed by atoms with Gasteiger partial charge >= 0.3 is 0 Å². The van der Waals surface area contributed by atoms with Crippen LogP contribution in [0.2, 0.25) is 5.02 Å². The number of carbonyl (C=O) groups is 2. The molecule has 2 aromatic carbocycles. The van der Waals surface area contributed by atoms with Crippen molar-refractivity contribution in [1.82, 2.24) is 9.88 Å². The average Bonchev–Trinajstić information content (AvgIpc) is 2.99. The maximum absolute atomic E-state index is 12.5. The molecule has 0 aliphatic heterocycles. The Hall–Kier alpha value is -2.63. The van der Waals surface area contributed by atoms with Crippen molar-refractivity contribution in [1.29, 1.82) is 0 Å². The third-order valence-corrected chi connectivity index (χ3v) is 4.27. The Balaban J connectivity index is 0.00000117. The summed E-state index contributed by atoms with van der Waals surface area (Å²) in [5.41, 5.74) is 7.96. The van der Waals surface area contributed by atoms with E-state index in [1.165, 1.54) is 7.05 Å². The average molecular weight is 372 g/mol. The summed E-state index contributed by atoms with van der Waals surface area (Å²) in [7, 11) is 3.35. The van der Waals surface area contributed by atoms with Crippen molar-refractivity contribution in [3.05, 3.63) is 70.4 Å². The molecule has 0 saturated heterocycles. The Kier molecular flexibility index (Phi) is 6.95. The highest BCUT2D eigenvalue weighted by Gasteiger charge is 2.13. The summed E-state index contributed by atoms with van der Waals surface area (Å²) < 4.78 is 1.84. The molecule has 3 aromatic rings. The second-order valence-corrected chi connectivity index (χ2v) is 6.10. The maximum Gasteiger partial charge on any atom is 0.268 e. The Morgan fingerprint density at radius 2 is 1.77 bits per heavy atom. The number of amides is 1. The van der Waals surface area contributed by atoms with E-state index in [0.29, 0.717) is 23.7 Å². The van der Waals surface area contributed by atoms with Crippen LogP contribution in [0.5, 0.6) is 0 Å². The fraction of sp³-hybridized carbons (Fsp3) is 0.200. The molecule has 1 aromatic heterocycles. The summed E-state index contributed by atoms with van der Waals surface area (Å²) in [6.45, 7) is 0.433. The van der Waals surface area contributed by atoms with E-state index in [1.807, 2.05) is 60.1 Å². The van der Waals surface area contributed by atoms with Crippen molar-refractivity contribution in [2.24, 2.45) is 12.8 Å². The van der Waals surface area contributed by atoms with Crippen molar-refractivity contribution in [3.8, 4) is 0 Å². The summed E-state index contributed by atoms with van der Waals surface area (Å²) in [5, 5.41) is 4.54. The number of nitrogens with two attached hydrogens (primary N) is 1. The highest BCUT2D eigenvalue weighted by molar-refractivity contribution is 6.31. The van der Waals surface area contributed by atoms with Gasteiger partial charge in [0, 0.05) is 35.9 Å². The zero-order chi connectivity index (χ0) is 19.1. The molecule has 0 fully saturated rings. The molecule has 1 amide bonds. The van der Waals surface area contributed by atoms with Gasteiger partial charge in [0.15, 0.2) is 0 Å². The number of rotatable bonds is 5. The van der Waals surface area contributed by atoms with Gasteiger partial charge in [-0.3, -0.25) is 4.79 Å². The molecule has 136 valence electrons. The zero-order valence-electron chi connectivity index (χ0n) is 14.8. The molecule has 5 nitrogen and oxygen atoms in total. The van der Waals surface area contributed by atoms with E-state index in [4.69, 9.17) is 11.6 Å². The highest BCUT2D eigenvalue weighted by Crippen LogP contribution is 2.22. The molecule has 0 aliphatic carbocycles. The van der Waals surface area contributed by atoms with Crippen molar-refractivity contribution in [2.45, 2.75) is 13.0 Å². The lowest BCUT2D eigenvalue weighted by molar-refractivity contribution is -0.107. The number of carbonyl (C=O) groups excluding carboxylic acids is 2. The van der Waals surface area contributed by atoms with Gasteiger partial charge in [-0.1, -0.05) is 41.9 Å². The van der Waals surface area contributed by atoms with Gasteiger partial charge in [0.2, 0.25) is 0 Å². The lowest BCUT2D eigenvalue weighted by Crippen LogP contribution is -2.24. The number of benzene rings is 2. The summed E-state index contributed by atoms with van der Waals surface area (Å²) in [6, 6.07) is 15.0. The number of aryl methyl sites for hydroxylation is 1. The van der Waals surface area contributed by atoms with E-state index in [2.05, 4.69) is 11.1 Å². The van der Waals surface area contributed by atoms with E-state index in [9.17, 15) is 9.59 Å². The maximum atomic E-state index is 12.5. The van der Waals surface area contributed by atoms with Crippen molar-refractivity contribution in [3.63, 3.8) is 0 Å². The molecule has 0 bridgehead atoms. The number of nitrogens with zero attached hydrogens (tertiary/aromatic N) is 1. The molecule has 3 N–H and O–H groups in total. The minimum absolute atomic E-state index is 0.137. The predicted octanol–water partition coefficient (Wildman–Crippen LogP) is 3.08. The van der Waals surface area contributed by atoms with Crippen LogP contribution in [0.1, 0.15) is 21.6 Å². The van der Waals surface area contributed by atoms with Crippen LogP contribution in [0.25, 0.3) is 10.9 Å². The first kappa shape index (κ1) is 19.7. The van der Waals surface area contributed by atoms with E-state index >= 15 is 0 Å². The third-order valence-electron chi connectivity index (χ3n) is 4.04. The van der Waals surface area contributed by atoms with Gasteiger partial charge < -0.3 is 20.4 Å². The van der Waals surface area contributed by atoms with Crippen molar-refractivity contribution < 1.29 is 9.59 Å². The standard InChI is InChI=1S/C19H17ClN2O2.CH5N/c1-22-17-11-16(20)7-6-15(17)10-18(22)19(24)21-12-14-4-2-13(3-5-14)8-9-23;1-2/h2-7,9-11H,8,12H2,1H3,(H,21,24);2H2,1H3. The number of hydrogen-bond acceptors (Lipinski definition) is 3. The molecule has 6 heteroatoms. The summed E-state index contributed by atoms with van der Waals surface area (Å²) >= 11 is 6.02. The van der Waals surface area contributed by atoms with Crippen LogP contribution in [-0.4, -0.2) is 23.8 Å². The molecule has 0 atom stereocenters. The summed E-state index contributed by atoms with van der Waals surface area (Å²) in [6.07, 6.45) is 1.29. The van der Waals surface area contributed by atoms with Crippen LogP contribution in [0, 0.1) is 0 Å². The molecule has 0 aliphatic rings. The van der Waals surface area contributed by atoms with E-state index in [1.54, 1.807) is 0 Å². The Labute approximate surface area is 157 Å². The van der Waals surface area contributed by atoms with Gasteiger partial charge in [0.25, 0.3) is 5.91 Å². The van der Waals surface area contributed by atoms with Gasteiger partial charge in [0.05, 0.1) is 0 Å². The number of aromatic nitrogens is 1. The fourth-order valence-corrected chi connectivity index (χ4v) is 2.85. The van der Waals surface area contributed by atoms with Crippen molar-refractivity contribution >= 4 is 34.7 Å². The number of aldehydes is 1. The van der Waals surface area contributed by atoms with Gasteiger partial charge in [-0.25, -0.2) is 0 Å². The van der Waals surface area contributed by atoms with Crippen LogP contribution >= 0.6 is 11.6 Å². The number of nitrogens with one attached hydrogen (secondary N) is 1. The topological polar surface area (TPSA) is 77.1 Å². The molecule has 1 heterocycles. The fourth-order valence-electron chi connectivity index (χ4n) is 2.68. The predicted molar refractivity (Wildman–Crippen MR) is 105 cm³/mol. The van der Waals surface area contributed by atoms with Gasteiger partial charge in [-0.2, -0.15) is 0 Å². The molecule has 3 rings (SSSR count). The van der Waals surface area contributed by atoms with Crippen molar-refractivity contribution in [2.75, 3.05) is 7.05 Å². The third kappa shape index (κ3) is 4.50. The van der Waals surface area contributed by atoms with Crippen LogP contribution in [0.15, 0.2) is 48.5 Å². The highest BCUT2D eigenvalue weighted by atomic mass is 35.5. The Morgan fingerprint density at radius 3 is 2.42 bits per heavy atom. The quantitative estimate of drug-likeness (QED) is 0.676. The summed E-state index contributed by atoms with van der Waals surface area (Å²) in [4.78, 5) is 22.9. The molecule has 0 spiro atoms. The SMILES string of the molecule is CN.Cn1c(C(=O)NCc2ccc(CC=O)cc2)cc2ccc(Cl)cc21. The normalized spacial score (nSPS) is 10.2. The molecular formula is C20H22ClN3O2. The monoisotopic (exact) mass is 371 g/mol. The minimum Gasteiger partial charge on any atom is -0.347 e. The largest absolute Gasteiger partial charge is 0.347 e. The Bertz CT molecular complexity index is 901. The second-order valence-electron chi connectivity index (χ2n) is 5.66. The van der Waals surface area contributed by atoms with E-state index in [0.717, 1.165) is 28.3 Å². The van der Waals surface area contributed by atoms with Crippen LogP contribution < -0.4 is 11.1 Å². The van der Waals surface area contributed by atoms with E-state index < -0.39 is 0 Å². The molecule has 26 heavy (non-hydrogen) atoms. The number of fused-ring (bicyclic) bond motifs is 1.